The lowest BCUT2D eigenvalue weighted by molar-refractivity contribution is -0.123. The molecule has 156 valence electrons. The lowest BCUT2D eigenvalue weighted by Gasteiger charge is -2.31. The molecule has 0 spiro atoms. The monoisotopic (exact) mass is 410 g/mol. The van der Waals surface area contributed by atoms with Gasteiger partial charge in [-0.25, -0.2) is 0 Å². The number of benzene rings is 1. The maximum absolute atomic E-state index is 12.7. The van der Waals surface area contributed by atoms with Gasteiger partial charge in [-0.05, 0) is 31.0 Å². The van der Waals surface area contributed by atoms with Crippen molar-refractivity contribution in [3.05, 3.63) is 47.3 Å². The predicted molar refractivity (Wildman–Crippen MR) is 97.8 cm³/mol. The molecule has 1 aromatic heterocycles. The van der Waals surface area contributed by atoms with Crippen LogP contribution in [0.15, 0.2) is 30.3 Å². The van der Waals surface area contributed by atoms with Gasteiger partial charge in [0.15, 0.2) is 0 Å². The van der Waals surface area contributed by atoms with E-state index in [9.17, 15) is 22.8 Å². The number of hydrogen-bond acceptors (Lipinski definition) is 4. The highest BCUT2D eigenvalue weighted by Gasteiger charge is 2.30. The van der Waals surface area contributed by atoms with Crippen LogP contribution in [0, 0.1) is 0 Å². The van der Waals surface area contributed by atoms with Crippen LogP contribution >= 0.6 is 0 Å². The van der Waals surface area contributed by atoms with E-state index >= 15 is 0 Å². The number of carbonyl (C=O) groups excluding carboxylic acids is 2. The summed E-state index contributed by atoms with van der Waals surface area (Å²) in [5.41, 5.74) is 1.09. The van der Waals surface area contributed by atoms with Crippen LogP contribution in [0.3, 0.4) is 0 Å². The zero-order valence-corrected chi connectivity index (χ0v) is 15.8. The summed E-state index contributed by atoms with van der Waals surface area (Å²) in [6, 6.07) is 8.49. The standard InChI is InChI=1S/C19H21F3N4O3/c1-29-16-5-3-2-4-13(16)18(28)26-8-6-12(7-9-26)14-10-15(25-24-14)17(27)23-11-19(20,21)22/h2-5,10,12H,6-9,11H2,1H3,(H,23,27)(H,24,25). The fourth-order valence-electron chi connectivity index (χ4n) is 3.32. The van der Waals surface area contributed by atoms with Crippen molar-refractivity contribution in [2.45, 2.75) is 24.9 Å². The second-order valence-corrected chi connectivity index (χ2v) is 6.77. The molecule has 2 heterocycles. The molecule has 0 saturated carbocycles. The Labute approximate surface area is 165 Å². The molecular formula is C19H21F3N4O3. The smallest absolute Gasteiger partial charge is 0.405 e. The van der Waals surface area contributed by atoms with E-state index in [2.05, 4.69) is 10.2 Å². The molecule has 1 aliphatic heterocycles. The lowest BCUT2D eigenvalue weighted by Crippen LogP contribution is -2.38. The van der Waals surface area contributed by atoms with Gasteiger partial charge in [0.2, 0.25) is 0 Å². The summed E-state index contributed by atoms with van der Waals surface area (Å²) in [6.07, 6.45) is -3.19. The van der Waals surface area contributed by atoms with Crippen LogP contribution in [-0.2, 0) is 0 Å². The Kier molecular flexibility index (Phi) is 6.09. The molecule has 0 aliphatic carbocycles. The van der Waals surface area contributed by atoms with Crippen molar-refractivity contribution in [3.8, 4) is 5.75 Å². The van der Waals surface area contributed by atoms with Gasteiger partial charge < -0.3 is 15.0 Å². The Hall–Kier alpha value is -3.04. The van der Waals surface area contributed by atoms with Crippen molar-refractivity contribution < 1.29 is 27.5 Å². The number of ether oxygens (including phenoxy) is 1. The van der Waals surface area contributed by atoms with E-state index in [1.807, 2.05) is 0 Å². The summed E-state index contributed by atoms with van der Waals surface area (Å²) < 4.78 is 41.9. The third-order valence-corrected chi connectivity index (χ3v) is 4.84. The first-order valence-corrected chi connectivity index (χ1v) is 9.11. The van der Waals surface area contributed by atoms with Gasteiger partial charge in [0.1, 0.15) is 18.0 Å². The van der Waals surface area contributed by atoms with E-state index < -0.39 is 18.6 Å². The Morgan fingerprint density at radius 3 is 2.62 bits per heavy atom. The highest BCUT2D eigenvalue weighted by Crippen LogP contribution is 2.29. The first kappa shape index (κ1) is 20.7. The average molecular weight is 410 g/mol. The minimum absolute atomic E-state index is 0.0355. The number of carbonyl (C=O) groups is 2. The van der Waals surface area contributed by atoms with E-state index in [0.29, 0.717) is 42.9 Å². The van der Waals surface area contributed by atoms with Gasteiger partial charge in [-0.2, -0.15) is 18.3 Å². The molecule has 0 unspecified atom stereocenters. The molecule has 10 heteroatoms. The maximum atomic E-state index is 12.7. The normalized spacial score (nSPS) is 15.2. The van der Waals surface area contributed by atoms with Crippen LogP contribution < -0.4 is 10.1 Å². The number of aromatic amines is 1. The predicted octanol–water partition coefficient (Wildman–Crippen LogP) is 2.73. The molecule has 2 N–H and O–H groups in total. The molecule has 2 amide bonds. The van der Waals surface area contributed by atoms with Crippen LogP contribution in [0.25, 0.3) is 0 Å². The number of H-pyrrole nitrogens is 1. The van der Waals surface area contributed by atoms with Gasteiger partial charge in [0.25, 0.3) is 11.8 Å². The highest BCUT2D eigenvalue weighted by molar-refractivity contribution is 5.97. The maximum Gasteiger partial charge on any atom is 0.405 e. The van der Waals surface area contributed by atoms with Gasteiger partial charge >= 0.3 is 6.18 Å². The molecule has 3 rings (SSSR count). The van der Waals surface area contributed by atoms with Gasteiger partial charge in [-0.3, -0.25) is 14.7 Å². The molecule has 7 nitrogen and oxygen atoms in total. The highest BCUT2D eigenvalue weighted by atomic mass is 19.4. The van der Waals surface area contributed by atoms with Crippen molar-refractivity contribution >= 4 is 11.8 Å². The average Bonchev–Trinajstić information content (AvgIpc) is 3.21. The van der Waals surface area contributed by atoms with Crippen LogP contribution in [0.4, 0.5) is 13.2 Å². The van der Waals surface area contributed by atoms with Gasteiger partial charge in [-0.1, -0.05) is 12.1 Å². The van der Waals surface area contributed by atoms with Gasteiger partial charge in [0.05, 0.1) is 12.7 Å². The fraction of sp³-hybridized carbons (Fsp3) is 0.421. The number of hydrogen-bond donors (Lipinski definition) is 2. The number of alkyl halides is 3. The Balaban J connectivity index is 1.58. The Morgan fingerprint density at radius 1 is 1.28 bits per heavy atom. The molecule has 1 aromatic carbocycles. The number of nitrogens with zero attached hydrogens (tertiary/aromatic N) is 2. The van der Waals surface area contributed by atoms with E-state index in [1.54, 1.807) is 34.5 Å². The van der Waals surface area contributed by atoms with Crippen LogP contribution in [0.1, 0.15) is 45.3 Å². The van der Waals surface area contributed by atoms with E-state index in [0.717, 1.165) is 0 Å². The Bertz CT molecular complexity index is 874. The van der Waals surface area contributed by atoms with E-state index in [1.165, 1.54) is 13.2 Å². The van der Waals surface area contributed by atoms with Crippen molar-refractivity contribution in [2.75, 3.05) is 26.7 Å². The topological polar surface area (TPSA) is 87.3 Å². The molecule has 2 aromatic rings. The first-order valence-electron chi connectivity index (χ1n) is 9.11. The quantitative estimate of drug-likeness (QED) is 0.794. The van der Waals surface area contributed by atoms with Crippen molar-refractivity contribution in [3.63, 3.8) is 0 Å². The minimum Gasteiger partial charge on any atom is -0.496 e. The summed E-state index contributed by atoms with van der Waals surface area (Å²) in [5.74, 6) is -0.442. The van der Waals surface area contributed by atoms with Crippen molar-refractivity contribution in [1.29, 1.82) is 0 Å². The van der Waals surface area contributed by atoms with Crippen molar-refractivity contribution in [1.82, 2.24) is 20.4 Å². The number of methoxy groups -OCH3 is 1. The van der Waals surface area contributed by atoms with Gasteiger partial charge in [-0.15, -0.1) is 0 Å². The second-order valence-electron chi connectivity index (χ2n) is 6.77. The number of aromatic nitrogens is 2. The summed E-state index contributed by atoms with van der Waals surface area (Å²) in [6.45, 7) is -0.385. The molecule has 1 aliphatic rings. The third-order valence-electron chi connectivity index (χ3n) is 4.84. The van der Waals surface area contributed by atoms with Gasteiger partial charge in [0, 0.05) is 24.7 Å². The number of para-hydroxylation sites is 1. The lowest BCUT2D eigenvalue weighted by atomic mass is 9.93. The summed E-state index contributed by atoms with van der Waals surface area (Å²) in [5, 5.41) is 8.34. The molecule has 1 fully saturated rings. The molecule has 0 bridgehead atoms. The summed E-state index contributed by atoms with van der Waals surface area (Å²) in [7, 11) is 1.51. The number of rotatable bonds is 5. The number of likely N-dealkylation sites (tertiary alicyclic amines) is 1. The minimum atomic E-state index is -4.48. The summed E-state index contributed by atoms with van der Waals surface area (Å²) >= 11 is 0. The largest absolute Gasteiger partial charge is 0.496 e. The molecule has 29 heavy (non-hydrogen) atoms. The molecule has 0 radical (unpaired) electrons. The van der Waals surface area contributed by atoms with Crippen LogP contribution in [-0.4, -0.2) is 59.8 Å². The van der Waals surface area contributed by atoms with Crippen LogP contribution in [0.2, 0.25) is 0 Å². The number of nitrogens with one attached hydrogen (secondary N) is 2. The first-order chi connectivity index (χ1) is 13.8. The summed E-state index contributed by atoms with van der Waals surface area (Å²) in [4.78, 5) is 26.3. The molecule has 1 saturated heterocycles. The SMILES string of the molecule is COc1ccccc1C(=O)N1CCC(c2cc(C(=O)NCC(F)(F)F)n[nH]2)CC1. The number of amides is 2. The molecular weight excluding hydrogens is 389 g/mol. The second kappa shape index (κ2) is 8.54. The third kappa shape index (κ3) is 5.07. The number of piperidine rings is 1. The van der Waals surface area contributed by atoms with Crippen LogP contribution in [0.5, 0.6) is 5.75 Å². The van der Waals surface area contributed by atoms with Crippen molar-refractivity contribution in [2.24, 2.45) is 0 Å². The van der Waals surface area contributed by atoms with E-state index in [-0.39, 0.29) is 17.5 Å². The van der Waals surface area contributed by atoms with E-state index in [4.69, 9.17) is 4.74 Å². The zero-order valence-electron chi connectivity index (χ0n) is 15.8. The zero-order chi connectivity index (χ0) is 21.0. The Morgan fingerprint density at radius 2 is 1.97 bits per heavy atom. The molecule has 0 atom stereocenters. The fourth-order valence-corrected chi connectivity index (χ4v) is 3.32. The number of halogens is 3.